The summed E-state index contributed by atoms with van der Waals surface area (Å²) in [4.78, 5) is 2.02. The molecule has 0 aliphatic carbocycles. The van der Waals surface area contributed by atoms with E-state index < -0.39 is 0 Å². The van der Waals surface area contributed by atoms with Gasteiger partial charge in [0.25, 0.3) is 0 Å². The third-order valence-corrected chi connectivity index (χ3v) is 1.91. The summed E-state index contributed by atoms with van der Waals surface area (Å²) in [5, 5.41) is 3.23. The van der Waals surface area contributed by atoms with Gasteiger partial charge in [0.1, 0.15) is 0 Å². The van der Waals surface area contributed by atoms with Gasteiger partial charge in [-0.3, -0.25) is 0 Å². The van der Waals surface area contributed by atoms with Crippen LogP contribution in [0.25, 0.3) is 0 Å². The second-order valence-corrected chi connectivity index (χ2v) is 3.49. The number of allylic oxidation sites excluding steroid dienone is 4. The van der Waals surface area contributed by atoms with Gasteiger partial charge in [-0.05, 0) is 12.3 Å². The minimum absolute atomic E-state index is 0.752. The third-order valence-electron chi connectivity index (χ3n) is 1.91. The lowest BCUT2D eigenvalue weighted by Gasteiger charge is -2.23. The van der Waals surface area contributed by atoms with E-state index in [2.05, 4.69) is 23.5 Å². The summed E-state index contributed by atoms with van der Waals surface area (Å²) < 4.78 is 0. The van der Waals surface area contributed by atoms with Crippen molar-refractivity contribution < 1.29 is 0 Å². The fourth-order valence-corrected chi connectivity index (χ4v) is 1.02. The molecule has 1 saturated heterocycles. The van der Waals surface area contributed by atoms with Crippen LogP contribution in [-0.2, 0) is 0 Å². The van der Waals surface area contributed by atoms with Crippen LogP contribution in [0.15, 0.2) is 36.6 Å². The minimum atomic E-state index is 0.752. The highest BCUT2D eigenvalue weighted by atomic mass is 15.0. The van der Waals surface area contributed by atoms with Gasteiger partial charge in [0, 0.05) is 33.1 Å². The molecule has 2 heteroatoms. The van der Waals surface area contributed by atoms with Crippen LogP contribution in [0.3, 0.4) is 0 Å². The summed E-state index contributed by atoms with van der Waals surface area (Å²) in [7, 11) is 4.03. The van der Waals surface area contributed by atoms with Crippen molar-refractivity contribution in [2.75, 3.05) is 27.2 Å². The van der Waals surface area contributed by atoms with E-state index in [9.17, 15) is 0 Å². The predicted octanol–water partition coefficient (Wildman–Crippen LogP) is 1.39. The SMILES string of the molecule is CN(C)C=CC=CC=CC1CNC1. The van der Waals surface area contributed by atoms with Crippen LogP contribution in [0.5, 0.6) is 0 Å². The zero-order valence-electron chi connectivity index (χ0n) is 8.40. The van der Waals surface area contributed by atoms with Crippen LogP contribution in [-0.4, -0.2) is 32.1 Å². The molecule has 1 N–H and O–H groups in total. The van der Waals surface area contributed by atoms with E-state index in [-0.39, 0.29) is 0 Å². The van der Waals surface area contributed by atoms with Gasteiger partial charge >= 0.3 is 0 Å². The van der Waals surface area contributed by atoms with Crippen molar-refractivity contribution >= 4 is 0 Å². The maximum absolute atomic E-state index is 3.23. The van der Waals surface area contributed by atoms with Crippen molar-refractivity contribution in [3.05, 3.63) is 36.6 Å². The van der Waals surface area contributed by atoms with Gasteiger partial charge in [0.15, 0.2) is 0 Å². The van der Waals surface area contributed by atoms with E-state index >= 15 is 0 Å². The average molecular weight is 178 g/mol. The highest BCUT2D eigenvalue weighted by Gasteiger charge is 2.11. The maximum atomic E-state index is 3.23. The summed E-state index contributed by atoms with van der Waals surface area (Å²) in [5.74, 6) is 0.752. The summed E-state index contributed by atoms with van der Waals surface area (Å²) in [5.41, 5.74) is 0. The van der Waals surface area contributed by atoms with Crippen molar-refractivity contribution in [1.82, 2.24) is 10.2 Å². The van der Waals surface area contributed by atoms with Gasteiger partial charge < -0.3 is 10.2 Å². The zero-order chi connectivity index (χ0) is 9.52. The van der Waals surface area contributed by atoms with Crippen molar-refractivity contribution in [1.29, 1.82) is 0 Å². The molecule has 1 rings (SSSR count). The first-order chi connectivity index (χ1) is 6.29. The van der Waals surface area contributed by atoms with E-state index in [0.717, 1.165) is 19.0 Å². The lowest BCUT2D eigenvalue weighted by atomic mass is 10.0. The predicted molar refractivity (Wildman–Crippen MR) is 57.5 cm³/mol. The summed E-state index contributed by atoms with van der Waals surface area (Å²) in [6.45, 7) is 2.27. The van der Waals surface area contributed by atoms with Crippen molar-refractivity contribution in [2.24, 2.45) is 5.92 Å². The molecule has 72 valence electrons. The van der Waals surface area contributed by atoms with Crippen LogP contribution in [0, 0.1) is 5.92 Å². The first kappa shape index (κ1) is 10.1. The van der Waals surface area contributed by atoms with Crippen LogP contribution in [0.1, 0.15) is 0 Å². The topological polar surface area (TPSA) is 15.3 Å². The number of hydrogen-bond donors (Lipinski definition) is 1. The Labute approximate surface area is 80.6 Å². The third kappa shape index (κ3) is 4.53. The highest BCUT2D eigenvalue weighted by Crippen LogP contribution is 2.03. The van der Waals surface area contributed by atoms with Gasteiger partial charge in [0.2, 0.25) is 0 Å². The lowest BCUT2D eigenvalue weighted by Crippen LogP contribution is -2.40. The van der Waals surface area contributed by atoms with Crippen LogP contribution in [0.2, 0.25) is 0 Å². The summed E-state index contributed by atoms with van der Waals surface area (Å²) >= 11 is 0. The molecule has 0 unspecified atom stereocenters. The van der Waals surface area contributed by atoms with Crippen LogP contribution < -0.4 is 5.32 Å². The molecule has 0 amide bonds. The molecule has 2 nitrogen and oxygen atoms in total. The van der Waals surface area contributed by atoms with Gasteiger partial charge in [-0.25, -0.2) is 0 Å². The monoisotopic (exact) mass is 178 g/mol. The van der Waals surface area contributed by atoms with E-state index in [1.807, 2.05) is 37.3 Å². The van der Waals surface area contributed by atoms with Crippen LogP contribution >= 0.6 is 0 Å². The molecule has 0 aromatic rings. The quantitative estimate of drug-likeness (QED) is 0.654. The van der Waals surface area contributed by atoms with E-state index in [1.54, 1.807) is 0 Å². The Kier molecular flexibility index (Phi) is 4.33. The summed E-state index contributed by atoms with van der Waals surface area (Å²) in [6, 6.07) is 0. The Morgan fingerprint density at radius 2 is 1.77 bits per heavy atom. The number of hydrogen-bond acceptors (Lipinski definition) is 2. The lowest BCUT2D eigenvalue weighted by molar-refractivity contribution is 0.419. The van der Waals surface area contributed by atoms with E-state index in [4.69, 9.17) is 0 Å². The molecule has 13 heavy (non-hydrogen) atoms. The number of nitrogens with one attached hydrogen (secondary N) is 1. The maximum Gasteiger partial charge on any atom is 0.00556 e. The van der Waals surface area contributed by atoms with Gasteiger partial charge in [0.05, 0.1) is 0 Å². The Balaban J connectivity index is 2.13. The van der Waals surface area contributed by atoms with Gasteiger partial charge in [-0.1, -0.05) is 24.3 Å². The molecular weight excluding hydrogens is 160 g/mol. The first-order valence-corrected chi connectivity index (χ1v) is 4.68. The molecule has 0 aromatic heterocycles. The Morgan fingerprint density at radius 1 is 1.08 bits per heavy atom. The largest absolute Gasteiger partial charge is 0.383 e. The average Bonchev–Trinajstić information content (AvgIpc) is 1.99. The van der Waals surface area contributed by atoms with Crippen molar-refractivity contribution in [3.63, 3.8) is 0 Å². The first-order valence-electron chi connectivity index (χ1n) is 4.68. The van der Waals surface area contributed by atoms with Crippen molar-refractivity contribution in [3.8, 4) is 0 Å². The molecule has 0 atom stereocenters. The normalized spacial score (nSPS) is 18.9. The number of rotatable bonds is 4. The van der Waals surface area contributed by atoms with Crippen molar-refractivity contribution in [2.45, 2.75) is 0 Å². The molecule has 0 aromatic carbocycles. The molecule has 1 aliphatic heterocycles. The smallest absolute Gasteiger partial charge is 0.00556 e. The fourth-order valence-electron chi connectivity index (χ4n) is 1.02. The van der Waals surface area contributed by atoms with E-state index in [1.165, 1.54) is 0 Å². The molecule has 0 saturated carbocycles. The Hall–Kier alpha value is -1.02. The minimum Gasteiger partial charge on any atom is -0.383 e. The fraction of sp³-hybridized carbons (Fsp3) is 0.455. The molecule has 1 aliphatic rings. The molecule has 0 bridgehead atoms. The second kappa shape index (κ2) is 5.60. The Morgan fingerprint density at radius 3 is 2.31 bits per heavy atom. The molecule has 1 fully saturated rings. The molecule has 0 radical (unpaired) electrons. The zero-order valence-corrected chi connectivity index (χ0v) is 8.40. The second-order valence-electron chi connectivity index (χ2n) is 3.49. The van der Waals surface area contributed by atoms with E-state index in [0.29, 0.717) is 0 Å². The molecule has 1 heterocycles. The van der Waals surface area contributed by atoms with Gasteiger partial charge in [-0.2, -0.15) is 0 Å². The van der Waals surface area contributed by atoms with Crippen LogP contribution in [0.4, 0.5) is 0 Å². The van der Waals surface area contributed by atoms with Gasteiger partial charge in [-0.15, -0.1) is 0 Å². The number of nitrogens with zero attached hydrogens (tertiary/aromatic N) is 1. The Bertz CT molecular complexity index is 210. The molecule has 0 spiro atoms. The summed E-state index contributed by atoms with van der Waals surface area (Å²) in [6.07, 6.45) is 12.5. The standard InChI is InChI=1S/C11H18N2/c1-13(2)8-6-4-3-5-7-11-9-12-10-11/h3-8,11-12H,9-10H2,1-2H3. The highest BCUT2D eigenvalue weighted by molar-refractivity contribution is 5.12. The molecular formula is C11H18N2.